The molecule has 0 bridgehead atoms. The molecule has 96 valence electrons. The standard InChI is InChI=1S/C11H7Br2F3N2/c12-4-9-10(5-13)18-8-3-6(11(14,15)16)1-2-7(8)17-9/h1-3H,4-5H2. The fourth-order valence-corrected chi connectivity index (χ4v) is 2.42. The molecule has 18 heavy (non-hydrogen) atoms. The van der Waals surface area contributed by atoms with Crippen LogP contribution in [0.1, 0.15) is 17.0 Å². The molecule has 2 rings (SSSR count). The van der Waals surface area contributed by atoms with E-state index in [1.165, 1.54) is 6.07 Å². The van der Waals surface area contributed by atoms with E-state index in [1.54, 1.807) is 0 Å². The second-order valence-corrected chi connectivity index (χ2v) is 4.71. The molecule has 0 atom stereocenters. The highest BCUT2D eigenvalue weighted by Crippen LogP contribution is 2.31. The topological polar surface area (TPSA) is 25.8 Å². The van der Waals surface area contributed by atoms with Gasteiger partial charge in [0.2, 0.25) is 0 Å². The molecule has 1 aromatic carbocycles. The number of hydrogen-bond acceptors (Lipinski definition) is 2. The Bertz CT molecular complexity index is 584. The molecule has 0 aliphatic heterocycles. The molecule has 0 saturated heterocycles. The van der Waals surface area contributed by atoms with Crippen molar-refractivity contribution in [1.29, 1.82) is 0 Å². The van der Waals surface area contributed by atoms with E-state index >= 15 is 0 Å². The third-order valence-electron chi connectivity index (χ3n) is 2.40. The smallest absolute Gasteiger partial charge is 0.248 e. The van der Waals surface area contributed by atoms with E-state index < -0.39 is 11.7 Å². The first-order valence-electron chi connectivity index (χ1n) is 4.94. The average Bonchev–Trinajstić information content (AvgIpc) is 2.35. The number of benzene rings is 1. The predicted octanol–water partition coefficient (Wildman–Crippen LogP) is 4.44. The number of aromatic nitrogens is 2. The molecule has 0 spiro atoms. The molecule has 0 radical (unpaired) electrons. The van der Waals surface area contributed by atoms with Crippen molar-refractivity contribution in [3.63, 3.8) is 0 Å². The minimum atomic E-state index is -4.36. The Hall–Kier alpha value is -0.690. The fraction of sp³-hybridized carbons (Fsp3) is 0.273. The summed E-state index contributed by atoms with van der Waals surface area (Å²) in [6.07, 6.45) is -4.36. The first kappa shape index (κ1) is 13.7. The van der Waals surface area contributed by atoms with Crippen molar-refractivity contribution in [3.05, 3.63) is 35.2 Å². The van der Waals surface area contributed by atoms with Crippen molar-refractivity contribution in [2.45, 2.75) is 16.8 Å². The van der Waals surface area contributed by atoms with Gasteiger partial charge in [0.25, 0.3) is 0 Å². The van der Waals surface area contributed by atoms with E-state index in [-0.39, 0.29) is 5.52 Å². The van der Waals surface area contributed by atoms with Gasteiger partial charge < -0.3 is 0 Å². The third kappa shape index (κ3) is 2.66. The van der Waals surface area contributed by atoms with Crippen LogP contribution in [0.25, 0.3) is 11.0 Å². The third-order valence-corrected chi connectivity index (χ3v) is 3.46. The minimum Gasteiger partial charge on any atom is -0.248 e. The van der Waals surface area contributed by atoms with E-state index in [0.29, 0.717) is 21.9 Å². The van der Waals surface area contributed by atoms with Crippen LogP contribution in [-0.2, 0) is 16.8 Å². The van der Waals surface area contributed by atoms with Gasteiger partial charge in [0.05, 0.1) is 28.0 Å². The number of fused-ring (bicyclic) bond motifs is 1. The lowest BCUT2D eigenvalue weighted by Gasteiger charge is -2.09. The molecule has 7 heteroatoms. The molecule has 1 heterocycles. The summed E-state index contributed by atoms with van der Waals surface area (Å²) >= 11 is 6.53. The zero-order valence-electron chi connectivity index (χ0n) is 8.93. The summed E-state index contributed by atoms with van der Waals surface area (Å²) in [5.74, 6) is 0. The predicted molar refractivity (Wildman–Crippen MR) is 69.8 cm³/mol. The van der Waals surface area contributed by atoms with Crippen LogP contribution in [0, 0.1) is 0 Å². The van der Waals surface area contributed by atoms with E-state index in [0.717, 1.165) is 17.8 Å². The van der Waals surface area contributed by atoms with Crippen LogP contribution in [0.5, 0.6) is 0 Å². The van der Waals surface area contributed by atoms with Gasteiger partial charge in [-0.3, -0.25) is 0 Å². The Morgan fingerprint density at radius 2 is 1.50 bits per heavy atom. The second kappa shape index (κ2) is 5.13. The van der Waals surface area contributed by atoms with Crippen LogP contribution in [-0.4, -0.2) is 9.97 Å². The van der Waals surface area contributed by atoms with Crippen molar-refractivity contribution in [3.8, 4) is 0 Å². The summed E-state index contributed by atoms with van der Waals surface area (Å²) in [4.78, 5) is 8.48. The molecule has 0 aliphatic carbocycles. The number of rotatable bonds is 2. The van der Waals surface area contributed by atoms with E-state index in [1.807, 2.05) is 0 Å². The molecular weight excluding hydrogens is 377 g/mol. The van der Waals surface area contributed by atoms with Gasteiger partial charge in [-0.2, -0.15) is 13.2 Å². The summed E-state index contributed by atoms with van der Waals surface area (Å²) in [7, 11) is 0. The molecule has 0 saturated carbocycles. The quantitative estimate of drug-likeness (QED) is 0.716. The van der Waals surface area contributed by atoms with Crippen molar-refractivity contribution in [1.82, 2.24) is 9.97 Å². The Morgan fingerprint density at radius 1 is 0.944 bits per heavy atom. The van der Waals surface area contributed by atoms with Gasteiger partial charge in [0, 0.05) is 10.7 Å². The largest absolute Gasteiger partial charge is 0.416 e. The molecule has 1 aromatic heterocycles. The SMILES string of the molecule is FC(F)(F)c1ccc2nc(CBr)c(CBr)nc2c1. The Kier molecular flexibility index (Phi) is 3.91. The van der Waals surface area contributed by atoms with Gasteiger partial charge in [0.1, 0.15) is 0 Å². The summed E-state index contributed by atoms with van der Waals surface area (Å²) in [5, 5.41) is 0.963. The van der Waals surface area contributed by atoms with E-state index in [9.17, 15) is 13.2 Å². The van der Waals surface area contributed by atoms with Crippen LogP contribution in [0.4, 0.5) is 13.2 Å². The highest BCUT2D eigenvalue weighted by atomic mass is 79.9. The highest BCUT2D eigenvalue weighted by molar-refractivity contribution is 9.09. The van der Waals surface area contributed by atoms with Crippen molar-refractivity contribution >= 4 is 42.9 Å². The Morgan fingerprint density at radius 3 is 2.00 bits per heavy atom. The Balaban J connectivity index is 2.63. The Labute approximate surface area is 118 Å². The van der Waals surface area contributed by atoms with E-state index in [4.69, 9.17) is 0 Å². The number of halogens is 5. The normalized spacial score (nSPS) is 12.1. The van der Waals surface area contributed by atoms with Crippen LogP contribution in [0.2, 0.25) is 0 Å². The van der Waals surface area contributed by atoms with Crippen LogP contribution in [0.15, 0.2) is 18.2 Å². The highest BCUT2D eigenvalue weighted by Gasteiger charge is 2.30. The molecule has 0 N–H and O–H groups in total. The first-order valence-corrected chi connectivity index (χ1v) is 7.18. The average molecular weight is 384 g/mol. The molecule has 0 aliphatic rings. The number of nitrogens with zero attached hydrogens (tertiary/aromatic N) is 2. The van der Waals surface area contributed by atoms with Gasteiger partial charge in [-0.05, 0) is 18.2 Å². The monoisotopic (exact) mass is 382 g/mol. The van der Waals surface area contributed by atoms with Crippen molar-refractivity contribution in [2.24, 2.45) is 0 Å². The molecule has 0 fully saturated rings. The maximum atomic E-state index is 12.6. The molecule has 2 nitrogen and oxygen atoms in total. The van der Waals surface area contributed by atoms with Gasteiger partial charge >= 0.3 is 6.18 Å². The number of hydrogen-bond donors (Lipinski definition) is 0. The van der Waals surface area contributed by atoms with E-state index in [2.05, 4.69) is 41.8 Å². The van der Waals surface area contributed by atoms with Gasteiger partial charge in [-0.15, -0.1) is 0 Å². The summed E-state index contributed by atoms with van der Waals surface area (Å²) in [6.45, 7) is 0. The van der Waals surface area contributed by atoms with Gasteiger partial charge in [0.15, 0.2) is 0 Å². The summed E-state index contributed by atoms with van der Waals surface area (Å²) in [5.41, 5.74) is 1.36. The van der Waals surface area contributed by atoms with Gasteiger partial charge in [-0.1, -0.05) is 31.9 Å². The first-order chi connectivity index (χ1) is 8.45. The molecule has 2 aromatic rings. The van der Waals surface area contributed by atoms with Crippen molar-refractivity contribution < 1.29 is 13.2 Å². The summed E-state index contributed by atoms with van der Waals surface area (Å²) < 4.78 is 37.7. The molecule has 0 unspecified atom stereocenters. The maximum Gasteiger partial charge on any atom is 0.416 e. The zero-order valence-corrected chi connectivity index (χ0v) is 12.1. The second-order valence-electron chi connectivity index (χ2n) is 3.59. The maximum absolute atomic E-state index is 12.6. The lowest BCUT2D eigenvalue weighted by molar-refractivity contribution is -0.137. The zero-order chi connectivity index (χ0) is 13.3. The lowest BCUT2D eigenvalue weighted by Crippen LogP contribution is -2.06. The fourth-order valence-electron chi connectivity index (χ4n) is 1.52. The van der Waals surface area contributed by atoms with Crippen LogP contribution >= 0.6 is 31.9 Å². The van der Waals surface area contributed by atoms with Gasteiger partial charge in [-0.25, -0.2) is 9.97 Å². The van der Waals surface area contributed by atoms with Crippen LogP contribution < -0.4 is 0 Å². The van der Waals surface area contributed by atoms with Crippen molar-refractivity contribution in [2.75, 3.05) is 0 Å². The molecule has 0 amide bonds. The number of alkyl halides is 5. The lowest BCUT2D eigenvalue weighted by atomic mass is 10.2. The molecular formula is C11H7Br2F3N2. The van der Waals surface area contributed by atoms with Crippen LogP contribution in [0.3, 0.4) is 0 Å². The minimum absolute atomic E-state index is 0.254. The summed E-state index contributed by atoms with van der Waals surface area (Å²) in [6, 6.07) is 3.38.